The Hall–Kier alpha value is -1.36. The van der Waals surface area contributed by atoms with Crippen molar-refractivity contribution in [1.29, 1.82) is 0 Å². The minimum atomic E-state index is -0.252. The molecule has 0 saturated heterocycles. The second kappa shape index (κ2) is 8.69. The van der Waals surface area contributed by atoms with Crippen molar-refractivity contribution in [2.75, 3.05) is 13.2 Å². The van der Waals surface area contributed by atoms with E-state index in [2.05, 4.69) is 12.2 Å². The number of nitrogens with one attached hydrogen (secondary N) is 1. The van der Waals surface area contributed by atoms with Gasteiger partial charge in [-0.2, -0.15) is 0 Å². The fourth-order valence-electron chi connectivity index (χ4n) is 1.38. The van der Waals surface area contributed by atoms with Crippen molar-refractivity contribution in [2.24, 2.45) is 0 Å². The van der Waals surface area contributed by atoms with E-state index < -0.39 is 0 Å². The van der Waals surface area contributed by atoms with E-state index in [4.69, 9.17) is 4.74 Å². The number of carbonyl (C=O) groups is 2. The van der Waals surface area contributed by atoms with Crippen LogP contribution in [0, 0.1) is 0 Å². The quantitative estimate of drug-likeness (QED) is 0.583. The highest BCUT2D eigenvalue weighted by Gasteiger charge is 2.07. The molecule has 1 N–H and O–H groups in total. The lowest BCUT2D eigenvalue weighted by molar-refractivity contribution is -0.143. The molecule has 0 aliphatic heterocycles. The van der Waals surface area contributed by atoms with Crippen LogP contribution in [-0.4, -0.2) is 25.0 Å². The predicted octanol–water partition coefficient (Wildman–Crippen LogP) is 2.60. The summed E-state index contributed by atoms with van der Waals surface area (Å²) in [5.41, 5.74) is 0. The van der Waals surface area contributed by atoms with Crippen LogP contribution in [0.3, 0.4) is 0 Å². The summed E-state index contributed by atoms with van der Waals surface area (Å²) < 4.78 is 5.03. The van der Waals surface area contributed by atoms with Gasteiger partial charge < -0.3 is 10.1 Å². The molecule has 18 heavy (non-hydrogen) atoms. The molecule has 1 amide bonds. The first-order chi connectivity index (χ1) is 8.74. The average Bonchev–Trinajstić information content (AvgIpc) is 2.88. The number of rotatable bonds is 8. The van der Waals surface area contributed by atoms with Crippen molar-refractivity contribution >= 4 is 23.2 Å². The Morgan fingerprint density at radius 3 is 2.89 bits per heavy atom. The molecule has 1 aromatic rings. The largest absolute Gasteiger partial charge is 0.466 e. The van der Waals surface area contributed by atoms with Crippen LogP contribution < -0.4 is 5.32 Å². The van der Waals surface area contributed by atoms with Gasteiger partial charge in [0.05, 0.1) is 17.9 Å². The molecule has 0 radical (unpaired) electrons. The van der Waals surface area contributed by atoms with Gasteiger partial charge in [-0.3, -0.25) is 9.59 Å². The molecule has 0 aliphatic carbocycles. The SMILES string of the molecule is CCCCCOC(=O)CCNC(=O)c1cccs1. The first kappa shape index (κ1) is 14.7. The Bertz CT molecular complexity index is 362. The van der Waals surface area contributed by atoms with Gasteiger partial charge in [0.1, 0.15) is 0 Å². The van der Waals surface area contributed by atoms with Crippen molar-refractivity contribution in [1.82, 2.24) is 5.32 Å². The number of esters is 1. The van der Waals surface area contributed by atoms with Gasteiger partial charge in [0.15, 0.2) is 0 Å². The number of carbonyl (C=O) groups excluding carboxylic acids is 2. The van der Waals surface area contributed by atoms with E-state index in [0.29, 0.717) is 18.0 Å². The Morgan fingerprint density at radius 2 is 2.22 bits per heavy atom. The lowest BCUT2D eigenvalue weighted by Gasteiger charge is -2.05. The number of unbranched alkanes of at least 4 members (excludes halogenated alkanes) is 2. The van der Waals surface area contributed by atoms with E-state index in [0.717, 1.165) is 19.3 Å². The van der Waals surface area contributed by atoms with E-state index in [1.165, 1.54) is 11.3 Å². The zero-order valence-corrected chi connectivity index (χ0v) is 11.4. The van der Waals surface area contributed by atoms with Crippen LogP contribution in [0.1, 0.15) is 42.3 Å². The molecule has 0 unspecified atom stereocenters. The van der Waals surface area contributed by atoms with Gasteiger partial charge in [-0.25, -0.2) is 0 Å². The van der Waals surface area contributed by atoms with Crippen molar-refractivity contribution in [2.45, 2.75) is 32.6 Å². The summed E-state index contributed by atoms with van der Waals surface area (Å²) in [4.78, 5) is 23.5. The lowest BCUT2D eigenvalue weighted by atomic mass is 10.3. The summed E-state index contributed by atoms with van der Waals surface area (Å²) >= 11 is 1.38. The summed E-state index contributed by atoms with van der Waals surface area (Å²) in [6.45, 7) is 2.90. The number of hydrogen-bond donors (Lipinski definition) is 1. The Kier molecular flexibility index (Phi) is 7.10. The summed E-state index contributed by atoms with van der Waals surface area (Å²) in [6.07, 6.45) is 3.31. The van der Waals surface area contributed by atoms with Crippen LogP contribution >= 0.6 is 11.3 Å². The number of amides is 1. The Morgan fingerprint density at radius 1 is 1.39 bits per heavy atom. The molecular formula is C13H19NO3S. The van der Waals surface area contributed by atoms with Crippen LogP contribution in [0.2, 0.25) is 0 Å². The summed E-state index contributed by atoms with van der Waals surface area (Å²) in [5.74, 6) is -0.388. The van der Waals surface area contributed by atoms with E-state index in [-0.39, 0.29) is 18.3 Å². The third-order valence-electron chi connectivity index (χ3n) is 2.37. The number of ether oxygens (including phenoxy) is 1. The highest BCUT2D eigenvalue weighted by atomic mass is 32.1. The Labute approximate surface area is 111 Å². The minimum Gasteiger partial charge on any atom is -0.466 e. The first-order valence-electron chi connectivity index (χ1n) is 6.21. The fourth-order valence-corrected chi connectivity index (χ4v) is 2.02. The molecule has 1 rings (SSSR count). The average molecular weight is 269 g/mol. The zero-order valence-electron chi connectivity index (χ0n) is 10.6. The third-order valence-corrected chi connectivity index (χ3v) is 3.24. The molecule has 0 atom stereocenters. The topological polar surface area (TPSA) is 55.4 Å². The molecule has 0 aliphatic rings. The Balaban J connectivity index is 2.07. The lowest BCUT2D eigenvalue weighted by Crippen LogP contribution is -2.25. The van der Waals surface area contributed by atoms with Crippen molar-refractivity contribution in [3.8, 4) is 0 Å². The van der Waals surface area contributed by atoms with Crippen LogP contribution in [0.4, 0.5) is 0 Å². The van der Waals surface area contributed by atoms with Crippen LogP contribution in [0.25, 0.3) is 0 Å². The van der Waals surface area contributed by atoms with Crippen LogP contribution in [0.15, 0.2) is 17.5 Å². The zero-order chi connectivity index (χ0) is 13.2. The maximum absolute atomic E-state index is 11.5. The van der Waals surface area contributed by atoms with Gasteiger partial charge in [-0.15, -0.1) is 11.3 Å². The smallest absolute Gasteiger partial charge is 0.307 e. The highest BCUT2D eigenvalue weighted by Crippen LogP contribution is 2.07. The molecular weight excluding hydrogens is 250 g/mol. The molecule has 0 bridgehead atoms. The normalized spacial score (nSPS) is 10.1. The van der Waals surface area contributed by atoms with Gasteiger partial charge in [-0.1, -0.05) is 25.8 Å². The van der Waals surface area contributed by atoms with Crippen molar-refractivity contribution in [3.63, 3.8) is 0 Å². The van der Waals surface area contributed by atoms with E-state index in [9.17, 15) is 9.59 Å². The standard InChI is InChI=1S/C13H19NO3S/c1-2-3-4-9-17-12(15)7-8-14-13(16)11-6-5-10-18-11/h5-6,10H,2-4,7-9H2,1H3,(H,14,16). The molecule has 100 valence electrons. The van der Waals surface area contributed by atoms with Crippen molar-refractivity contribution in [3.05, 3.63) is 22.4 Å². The number of hydrogen-bond acceptors (Lipinski definition) is 4. The predicted molar refractivity (Wildman–Crippen MR) is 71.8 cm³/mol. The molecule has 0 fully saturated rings. The molecule has 4 nitrogen and oxygen atoms in total. The third kappa shape index (κ3) is 5.82. The maximum atomic E-state index is 11.5. The second-order valence-electron chi connectivity index (χ2n) is 3.91. The highest BCUT2D eigenvalue weighted by molar-refractivity contribution is 7.12. The van der Waals surface area contributed by atoms with Crippen LogP contribution in [-0.2, 0) is 9.53 Å². The second-order valence-corrected chi connectivity index (χ2v) is 4.86. The number of thiophene rings is 1. The summed E-state index contributed by atoms with van der Waals surface area (Å²) in [6, 6.07) is 3.57. The maximum Gasteiger partial charge on any atom is 0.307 e. The fraction of sp³-hybridized carbons (Fsp3) is 0.538. The van der Waals surface area contributed by atoms with E-state index >= 15 is 0 Å². The first-order valence-corrected chi connectivity index (χ1v) is 7.09. The minimum absolute atomic E-state index is 0.135. The monoisotopic (exact) mass is 269 g/mol. The van der Waals surface area contributed by atoms with Gasteiger partial charge in [-0.05, 0) is 17.9 Å². The van der Waals surface area contributed by atoms with Crippen LogP contribution in [0.5, 0.6) is 0 Å². The van der Waals surface area contributed by atoms with Gasteiger partial charge in [0.25, 0.3) is 5.91 Å². The summed E-state index contributed by atoms with van der Waals surface area (Å²) in [7, 11) is 0. The van der Waals surface area contributed by atoms with E-state index in [1.54, 1.807) is 6.07 Å². The van der Waals surface area contributed by atoms with Gasteiger partial charge >= 0.3 is 5.97 Å². The summed E-state index contributed by atoms with van der Waals surface area (Å²) in [5, 5.41) is 4.53. The molecule has 0 spiro atoms. The molecule has 1 heterocycles. The molecule has 5 heteroatoms. The molecule has 0 aromatic carbocycles. The molecule has 1 aromatic heterocycles. The molecule has 0 saturated carbocycles. The van der Waals surface area contributed by atoms with Gasteiger partial charge in [0, 0.05) is 6.54 Å². The van der Waals surface area contributed by atoms with Crippen molar-refractivity contribution < 1.29 is 14.3 Å². The van der Waals surface area contributed by atoms with E-state index in [1.807, 2.05) is 11.4 Å². The van der Waals surface area contributed by atoms with Gasteiger partial charge in [0.2, 0.25) is 0 Å².